The molecule has 0 heterocycles. The smallest absolute Gasteiger partial charge is 0.0438 e. The van der Waals surface area contributed by atoms with Crippen molar-refractivity contribution in [3.8, 4) is 0 Å². The highest BCUT2D eigenvalue weighted by atomic mass is 35.5. The minimum atomic E-state index is 0.787. The van der Waals surface area contributed by atoms with Gasteiger partial charge in [0.15, 0.2) is 0 Å². The van der Waals surface area contributed by atoms with E-state index in [0.717, 1.165) is 29.3 Å². The summed E-state index contributed by atoms with van der Waals surface area (Å²) in [5, 5.41) is 4.61. The Bertz CT molecular complexity index is 382. The van der Waals surface area contributed by atoms with Crippen LogP contribution in [-0.2, 0) is 6.42 Å². The lowest BCUT2D eigenvalue weighted by Gasteiger charge is -2.17. The van der Waals surface area contributed by atoms with Crippen LogP contribution in [0.3, 0.4) is 0 Å². The predicted molar refractivity (Wildman–Crippen MR) is 72.4 cm³/mol. The van der Waals surface area contributed by atoms with E-state index >= 15 is 0 Å². The van der Waals surface area contributed by atoms with E-state index in [1.807, 2.05) is 12.1 Å². The van der Waals surface area contributed by atoms with Crippen molar-refractivity contribution in [2.75, 3.05) is 6.54 Å². The molecule has 0 aromatic heterocycles. The van der Waals surface area contributed by atoms with Crippen molar-refractivity contribution in [1.82, 2.24) is 5.32 Å². The van der Waals surface area contributed by atoms with Gasteiger partial charge in [-0.2, -0.15) is 0 Å². The zero-order valence-electron chi connectivity index (χ0n) is 10.2. The van der Waals surface area contributed by atoms with Crippen molar-refractivity contribution in [3.05, 3.63) is 34.9 Å². The Morgan fingerprint density at radius 1 is 1.18 bits per heavy atom. The molecular formula is C15H20ClN. The van der Waals surface area contributed by atoms with Gasteiger partial charge in [0, 0.05) is 11.1 Å². The molecule has 0 saturated heterocycles. The molecule has 1 N–H and O–H groups in total. The predicted octanol–water partition coefficient (Wildman–Crippen LogP) is 3.66. The highest BCUT2D eigenvalue weighted by molar-refractivity contribution is 6.31. The van der Waals surface area contributed by atoms with Crippen LogP contribution >= 0.6 is 11.6 Å². The molecule has 0 amide bonds. The maximum Gasteiger partial charge on any atom is 0.0438 e. The summed E-state index contributed by atoms with van der Waals surface area (Å²) in [4.78, 5) is 0. The highest BCUT2D eigenvalue weighted by Gasteiger charge is 2.32. The van der Waals surface area contributed by atoms with Crippen LogP contribution in [0.2, 0.25) is 5.02 Å². The minimum absolute atomic E-state index is 0.787. The second kappa shape index (κ2) is 4.99. The van der Waals surface area contributed by atoms with Gasteiger partial charge in [-0.05, 0) is 62.1 Å². The van der Waals surface area contributed by atoms with Gasteiger partial charge in [0.05, 0.1) is 0 Å². The van der Waals surface area contributed by atoms with Crippen LogP contribution in [0, 0.1) is 11.8 Å². The van der Waals surface area contributed by atoms with Crippen molar-refractivity contribution in [2.24, 2.45) is 11.8 Å². The fourth-order valence-electron chi connectivity index (χ4n) is 2.53. The summed E-state index contributed by atoms with van der Waals surface area (Å²) in [7, 11) is 0. The third kappa shape index (κ3) is 3.23. The van der Waals surface area contributed by atoms with Crippen LogP contribution in [-0.4, -0.2) is 12.6 Å². The number of benzene rings is 1. The summed E-state index contributed by atoms with van der Waals surface area (Å²) in [6, 6.07) is 9.12. The molecule has 2 heteroatoms. The van der Waals surface area contributed by atoms with Crippen LogP contribution < -0.4 is 5.32 Å². The quantitative estimate of drug-likeness (QED) is 0.811. The van der Waals surface area contributed by atoms with Crippen molar-refractivity contribution in [3.63, 3.8) is 0 Å². The van der Waals surface area contributed by atoms with E-state index in [1.165, 1.54) is 37.8 Å². The summed E-state index contributed by atoms with van der Waals surface area (Å²) in [6.07, 6.45) is 6.74. The molecule has 2 aliphatic rings. The third-order valence-corrected chi connectivity index (χ3v) is 4.34. The molecule has 0 aliphatic heterocycles. The Hall–Kier alpha value is -0.530. The molecule has 2 saturated carbocycles. The van der Waals surface area contributed by atoms with Gasteiger partial charge in [0.1, 0.15) is 0 Å². The van der Waals surface area contributed by atoms with E-state index in [2.05, 4.69) is 17.4 Å². The molecule has 1 nitrogen and oxygen atoms in total. The molecule has 0 bridgehead atoms. The summed E-state index contributed by atoms with van der Waals surface area (Å²) < 4.78 is 0. The van der Waals surface area contributed by atoms with Crippen LogP contribution in [0.15, 0.2) is 24.3 Å². The molecule has 3 rings (SSSR count). The molecule has 92 valence electrons. The van der Waals surface area contributed by atoms with E-state index in [1.54, 1.807) is 0 Å². The van der Waals surface area contributed by atoms with Crippen LogP contribution in [0.1, 0.15) is 31.2 Å². The number of nitrogens with one attached hydrogen (secondary N) is 1. The van der Waals surface area contributed by atoms with Crippen LogP contribution in [0.4, 0.5) is 0 Å². The van der Waals surface area contributed by atoms with Crippen LogP contribution in [0.25, 0.3) is 0 Å². The highest BCUT2D eigenvalue weighted by Crippen LogP contribution is 2.39. The lowest BCUT2D eigenvalue weighted by Crippen LogP contribution is -2.27. The number of hydrogen-bond donors (Lipinski definition) is 1. The second-order valence-corrected chi connectivity index (χ2v) is 5.98. The fraction of sp³-hybridized carbons (Fsp3) is 0.600. The maximum atomic E-state index is 6.25. The molecule has 1 aromatic carbocycles. The summed E-state index contributed by atoms with van der Waals surface area (Å²) in [6.45, 7) is 1.18. The van der Waals surface area contributed by atoms with Gasteiger partial charge in [0.25, 0.3) is 0 Å². The van der Waals surface area contributed by atoms with Gasteiger partial charge in [-0.3, -0.25) is 0 Å². The van der Waals surface area contributed by atoms with Gasteiger partial charge in [-0.1, -0.05) is 29.8 Å². The van der Waals surface area contributed by atoms with Gasteiger partial charge in [0.2, 0.25) is 0 Å². The standard InChI is InChI=1S/C15H20ClN/c16-15-4-2-1-3-12(15)9-13(11-5-6-11)10-17-14-7-8-14/h1-4,11,13-14,17H,5-10H2. The van der Waals surface area contributed by atoms with Gasteiger partial charge in [-0.15, -0.1) is 0 Å². The summed E-state index contributed by atoms with van der Waals surface area (Å²) in [5.41, 5.74) is 1.32. The molecule has 17 heavy (non-hydrogen) atoms. The Labute approximate surface area is 109 Å². The summed E-state index contributed by atoms with van der Waals surface area (Å²) in [5.74, 6) is 1.73. The van der Waals surface area contributed by atoms with E-state index in [-0.39, 0.29) is 0 Å². The first-order valence-electron chi connectivity index (χ1n) is 6.79. The van der Waals surface area contributed by atoms with E-state index < -0.39 is 0 Å². The first-order chi connectivity index (χ1) is 8.33. The zero-order chi connectivity index (χ0) is 11.7. The van der Waals surface area contributed by atoms with Gasteiger partial charge < -0.3 is 5.32 Å². The zero-order valence-corrected chi connectivity index (χ0v) is 10.9. The van der Waals surface area contributed by atoms with Crippen molar-refractivity contribution in [1.29, 1.82) is 0 Å². The lowest BCUT2D eigenvalue weighted by atomic mass is 9.94. The molecule has 0 radical (unpaired) electrons. The van der Waals surface area contributed by atoms with E-state index in [4.69, 9.17) is 11.6 Å². The normalized spacial score (nSPS) is 21.5. The Balaban J connectivity index is 1.60. The minimum Gasteiger partial charge on any atom is -0.314 e. The molecule has 1 unspecified atom stereocenters. The average molecular weight is 250 g/mol. The first kappa shape index (κ1) is 11.6. The lowest BCUT2D eigenvalue weighted by molar-refractivity contribution is 0.422. The largest absolute Gasteiger partial charge is 0.314 e. The van der Waals surface area contributed by atoms with Crippen molar-refractivity contribution >= 4 is 11.6 Å². The van der Waals surface area contributed by atoms with E-state index in [0.29, 0.717) is 0 Å². The molecule has 0 spiro atoms. The molecule has 1 aromatic rings. The number of hydrogen-bond acceptors (Lipinski definition) is 1. The van der Waals surface area contributed by atoms with Crippen molar-refractivity contribution < 1.29 is 0 Å². The average Bonchev–Trinajstić information content (AvgIpc) is 3.18. The topological polar surface area (TPSA) is 12.0 Å². The Morgan fingerprint density at radius 3 is 2.59 bits per heavy atom. The molecule has 2 fully saturated rings. The Morgan fingerprint density at radius 2 is 1.94 bits per heavy atom. The monoisotopic (exact) mass is 249 g/mol. The molecular weight excluding hydrogens is 230 g/mol. The van der Waals surface area contributed by atoms with E-state index in [9.17, 15) is 0 Å². The molecule has 1 atom stereocenters. The van der Waals surface area contributed by atoms with Gasteiger partial charge in [-0.25, -0.2) is 0 Å². The Kier molecular flexibility index (Phi) is 3.39. The number of rotatable bonds is 6. The molecule has 2 aliphatic carbocycles. The SMILES string of the molecule is Clc1ccccc1CC(CNC1CC1)C1CC1. The van der Waals surface area contributed by atoms with Crippen molar-refractivity contribution in [2.45, 2.75) is 38.1 Å². The van der Waals surface area contributed by atoms with Gasteiger partial charge >= 0.3 is 0 Å². The second-order valence-electron chi connectivity index (χ2n) is 5.58. The summed E-state index contributed by atoms with van der Waals surface area (Å²) >= 11 is 6.25. The number of halogens is 1. The van der Waals surface area contributed by atoms with Crippen LogP contribution in [0.5, 0.6) is 0 Å². The third-order valence-electron chi connectivity index (χ3n) is 3.97. The first-order valence-corrected chi connectivity index (χ1v) is 7.17. The maximum absolute atomic E-state index is 6.25. The fourth-order valence-corrected chi connectivity index (χ4v) is 2.74.